The minimum absolute atomic E-state index is 0.483. The van der Waals surface area contributed by atoms with Crippen LogP contribution in [0.25, 0.3) is 0 Å². The fraction of sp³-hybridized carbons (Fsp3) is 0.500. The molecule has 0 saturated heterocycles. The van der Waals surface area contributed by atoms with Gasteiger partial charge in [-0.2, -0.15) is 0 Å². The maximum Gasteiger partial charge on any atom is 0.189 e. The van der Waals surface area contributed by atoms with E-state index in [1.807, 2.05) is 13.2 Å². The molecule has 13 heavy (non-hydrogen) atoms. The molecular formula is C8H13N3OS. The van der Waals surface area contributed by atoms with Gasteiger partial charge in [0.05, 0.1) is 6.61 Å². The van der Waals surface area contributed by atoms with Crippen LogP contribution in [0, 0.1) is 0 Å². The molecule has 1 aromatic rings. The number of nitrogens with zero attached hydrogens (tertiary/aromatic N) is 2. The van der Waals surface area contributed by atoms with Crippen molar-refractivity contribution in [3.63, 3.8) is 0 Å². The lowest BCUT2D eigenvalue weighted by atomic mass is 10.3. The molecule has 0 aliphatic heterocycles. The van der Waals surface area contributed by atoms with Gasteiger partial charge in [0.25, 0.3) is 0 Å². The number of hydrogen-bond donors (Lipinski definition) is 1. The van der Waals surface area contributed by atoms with E-state index in [9.17, 15) is 0 Å². The average molecular weight is 199 g/mol. The predicted octanol–water partition coefficient (Wildman–Crippen LogP) is 1.32. The Kier molecular flexibility index (Phi) is 3.98. The summed E-state index contributed by atoms with van der Waals surface area (Å²) in [5.41, 5.74) is 6.54. The summed E-state index contributed by atoms with van der Waals surface area (Å²) in [5.74, 6) is 0.507. The zero-order valence-electron chi connectivity index (χ0n) is 7.78. The normalized spacial score (nSPS) is 10.3. The second-order valence-electron chi connectivity index (χ2n) is 2.40. The van der Waals surface area contributed by atoms with Crippen molar-refractivity contribution >= 4 is 17.6 Å². The van der Waals surface area contributed by atoms with Gasteiger partial charge in [0.1, 0.15) is 5.82 Å². The first-order chi connectivity index (χ1) is 6.27. The van der Waals surface area contributed by atoms with E-state index < -0.39 is 0 Å². The van der Waals surface area contributed by atoms with Gasteiger partial charge in [-0.3, -0.25) is 0 Å². The first-order valence-corrected chi connectivity index (χ1v) is 5.23. The molecule has 0 atom stereocenters. The van der Waals surface area contributed by atoms with Gasteiger partial charge in [-0.1, -0.05) is 11.8 Å². The van der Waals surface area contributed by atoms with Crippen molar-refractivity contribution in [2.24, 2.45) is 0 Å². The second-order valence-corrected chi connectivity index (χ2v) is 3.18. The van der Waals surface area contributed by atoms with Crippen molar-refractivity contribution in [2.75, 3.05) is 18.6 Å². The van der Waals surface area contributed by atoms with Crippen molar-refractivity contribution < 1.29 is 4.74 Å². The van der Waals surface area contributed by atoms with Crippen molar-refractivity contribution in [2.45, 2.75) is 18.7 Å². The molecule has 0 unspecified atom stereocenters. The molecule has 5 heteroatoms. The highest BCUT2D eigenvalue weighted by molar-refractivity contribution is 7.98. The maximum absolute atomic E-state index is 5.69. The van der Waals surface area contributed by atoms with Gasteiger partial charge in [0, 0.05) is 18.4 Å². The van der Waals surface area contributed by atoms with E-state index in [-0.39, 0.29) is 0 Å². The molecular weight excluding hydrogens is 186 g/mol. The molecule has 1 aromatic heterocycles. The molecule has 0 saturated carbocycles. The highest BCUT2D eigenvalue weighted by Gasteiger charge is 2.02. The maximum atomic E-state index is 5.69. The van der Waals surface area contributed by atoms with Gasteiger partial charge < -0.3 is 10.5 Å². The van der Waals surface area contributed by atoms with Gasteiger partial charge in [-0.15, -0.1) is 0 Å². The summed E-state index contributed by atoms with van der Waals surface area (Å²) >= 11 is 1.47. The van der Waals surface area contributed by atoms with E-state index in [4.69, 9.17) is 10.5 Å². The van der Waals surface area contributed by atoms with E-state index in [2.05, 4.69) is 9.97 Å². The minimum atomic E-state index is 0.483. The summed E-state index contributed by atoms with van der Waals surface area (Å²) in [7, 11) is 0. The van der Waals surface area contributed by atoms with Crippen LogP contribution in [0.5, 0.6) is 0 Å². The zero-order valence-corrected chi connectivity index (χ0v) is 8.60. The van der Waals surface area contributed by atoms with Crippen LogP contribution >= 0.6 is 11.8 Å². The summed E-state index contributed by atoms with van der Waals surface area (Å²) in [6.07, 6.45) is 3.63. The number of rotatable bonds is 4. The van der Waals surface area contributed by atoms with E-state index in [0.29, 0.717) is 24.2 Å². The average Bonchev–Trinajstić information content (AvgIpc) is 2.16. The largest absolute Gasteiger partial charge is 0.383 e. The molecule has 0 radical (unpaired) electrons. The minimum Gasteiger partial charge on any atom is -0.383 e. The van der Waals surface area contributed by atoms with Gasteiger partial charge in [-0.25, -0.2) is 9.97 Å². The van der Waals surface area contributed by atoms with Gasteiger partial charge >= 0.3 is 0 Å². The first-order valence-electron chi connectivity index (χ1n) is 4.01. The number of aromatic nitrogens is 2. The molecule has 0 bridgehead atoms. The van der Waals surface area contributed by atoms with Gasteiger partial charge in [0.15, 0.2) is 5.16 Å². The highest BCUT2D eigenvalue weighted by atomic mass is 32.2. The molecule has 0 spiro atoms. The Morgan fingerprint density at radius 2 is 2.38 bits per heavy atom. The second kappa shape index (κ2) is 5.04. The lowest BCUT2D eigenvalue weighted by molar-refractivity contribution is 0.134. The summed E-state index contributed by atoms with van der Waals surface area (Å²) < 4.78 is 5.21. The van der Waals surface area contributed by atoms with E-state index in [1.165, 1.54) is 11.8 Å². The molecule has 1 rings (SSSR count). The Labute approximate surface area is 81.9 Å². The number of thioether (sulfide) groups is 1. The van der Waals surface area contributed by atoms with E-state index in [0.717, 1.165) is 5.56 Å². The fourth-order valence-corrected chi connectivity index (χ4v) is 1.17. The van der Waals surface area contributed by atoms with Crippen LogP contribution in [0.15, 0.2) is 11.4 Å². The lowest BCUT2D eigenvalue weighted by Gasteiger charge is -2.04. The highest BCUT2D eigenvalue weighted by Crippen LogP contribution is 2.13. The van der Waals surface area contributed by atoms with Crippen molar-refractivity contribution in [3.8, 4) is 0 Å². The molecule has 0 amide bonds. The van der Waals surface area contributed by atoms with Crippen molar-refractivity contribution in [1.29, 1.82) is 0 Å². The molecule has 4 nitrogen and oxygen atoms in total. The van der Waals surface area contributed by atoms with Gasteiger partial charge in [0.2, 0.25) is 0 Å². The summed E-state index contributed by atoms with van der Waals surface area (Å²) in [5, 5.41) is 0.692. The molecule has 1 heterocycles. The summed E-state index contributed by atoms with van der Waals surface area (Å²) in [4.78, 5) is 8.20. The fourth-order valence-electron chi connectivity index (χ4n) is 0.825. The quantitative estimate of drug-likeness (QED) is 0.585. The number of ether oxygens (including phenoxy) is 1. The zero-order chi connectivity index (χ0) is 9.68. The van der Waals surface area contributed by atoms with Crippen LogP contribution < -0.4 is 5.73 Å². The van der Waals surface area contributed by atoms with Crippen LogP contribution in [0.4, 0.5) is 5.82 Å². The standard InChI is InChI=1S/C8H13N3OS/c1-3-12-5-6-4-10-8(13-2)11-7(6)9/h4H,3,5H2,1-2H3,(H2,9,10,11). The molecule has 0 aliphatic carbocycles. The number of nitrogens with two attached hydrogens (primary N) is 1. The third-order valence-corrected chi connectivity index (χ3v) is 2.08. The van der Waals surface area contributed by atoms with Crippen molar-refractivity contribution in [3.05, 3.63) is 11.8 Å². The van der Waals surface area contributed by atoms with Gasteiger partial charge in [-0.05, 0) is 13.2 Å². The number of hydrogen-bond acceptors (Lipinski definition) is 5. The molecule has 0 aliphatic rings. The third-order valence-electron chi connectivity index (χ3n) is 1.52. The smallest absolute Gasteiger partial charge is 0.189 e. The Bertz CT molecular complexity index is 280. The van der Waals surface area contributed by atoms with Crippen LogP contribution in [0.1, 0.15) is 12.5 Å². The Hall–Kier alpha value is -0.810. The van der Waals surface area contributed by atoms with E-state index in [1.54, 1.807) is 6.20 Å². The topological polar surface area (TPSA) is 61.0 Å². The summed E-state index contributed by atoms with van der Waals surface area (Å²) in [6.45, 7) is 3.09. The predicted molar refractivity (Wildman–Crippen MR) is 53.6 cm³/mol. The SMILES string of the molecule is CCOCc1cnc(SC)nc1N. The monoisotopic (exact) mass is 199 g/mol. The van der Waals surface area contributed by atoms with Crippen LogP contribution in [-0.4, -0.2) is 22.8 Å². The molecule has 0 fully saturated rings. The van der Waals surface area contributed by atoms with Crippen molar-refractivity contribution in [1.82, 2.24) is 9.97 Å². The first kappa shape index (κ1) is 10.3. The van der Waals surface area contributed by atoms with Crippen LogP contribution in [0.2, 0.25) is 0 Å². The Morgan fingerprint density at radius 1 is 1.62 bits per heavy atom. The molecule has 72 valence electrons. The molecule has 2 N–H and O–H groups in total. The summed E-state index contributed by atoms with van der Waals surface area (Å²) in [6, 6.07) is 0. The Morgan fingerprint density at radius 3 is 2.92 bits per heavy atom. The molecule has 0 aromatic carbocycles. The van der Waals surface area contributed by atoms with E-state index >= 15 is 0 Å². The van der Waals surface area contributed by atoms with Crippen LogP contribution in [0.3, 0.4) is 0 Å². The third kappa shape index (κ3) is 2.86. The lowest BCUT2D eigenvalue weighted by Crippen LogP contribution is -2.02. The number of nitrogen functional groups attached to an aromatic ring is 1. The number of anilines is 1. The van der Waals surface area contributed by atoms with Crippen LogP contribution in [-0.2, 0) is 11.3 Å². The Balaban J connectivity index is 2.73.